The van der Waals surface area contributed by atoms with Crippen molar-refractivity contribution in [3.63, 3.8) is 0 Å². The van der Waals surface area contributed by atoms with E-state index in [0.29, 0.717) is 11.3 Å². The first kappa shape index (κ1) is 9.86. The van der Waals surface area contributed by atoms with Gasteiger partial charge in [-0.25, -0.2) is 0 Å². The van der Waals surface area contributed by atoms with E-state index in [9.17, 15) is 0 Å². The van der Waals surface area contributed by atoms with E-state index in [0.717, 1.165) is 6.54 Å². The summed E-state index contributed by atoms with van der Waals surface area (Å²) in [5.74, 6) is 0.587. The van der Waals surface area contributed by atoms with Crippen molar-refractivity contribution in [1.29, 1.82) is 0 Å². The van der Waals surface area contributed by atoms with Gasteiger partial charge in [-0.3, -0.25) is 0 Å². The van der Waals surface area contributed by atoms with Crippen LogP contribution in [0.4, 0.5) is 0 Å². The molecule has 2 aliphatic rings. The van der Waals surface area contributed by atoms with Gasteiger partial charge in [-0.1, -0.05) is 28.1 Å². The lowest BCUT2D eigenvalue weighted by Gasteiger charge is -2.32. The second-order valence-corrected chi connectivity index (χ2v) is 5.81. The van der Waals surface area contributed by atoms with Crippen molar-refractivity contribution >= 4 is 15.9 Å². The van der Waals surface area contributed by atoms with Crippen LogP contribution >= 0.6 is 15.9 Å². The first-order valence-electron chi connectivity index (χ1n) is 5.76. The molecule has 1 aromatic rings. The highest BCUT2D eigenvalue weighted by atomic mass is 79.9. The Bertz CT molecular complexity index is 396. The average Bonchev–Trinajstić information content (AvgIpc) is 2.99. The summed E-state index contributed by atoms with van der Waals surface area (Å²) >= 11 is 3.71. The summed E-state index contributed by atoms with van der Waals surface area (Å²) in [5, 5.41) is 0. The van der Waals surface area contributed by atoms with Crippen molar-refractivity contribution < 1.29 is 0 Å². The molecule has 1 saturated carbocycles. The van der Waals surface area contributed by atoms with Gasteiger partial charge in [0.05, 0.1) is 0 Å². The monoisotopic (exact) mass is 265 g/mol. The molecule has 1 nitrogen and oxygen atoms in total. The Kier molecular flexibility index (Phi) is 2.18. The van der Waals surface area contributed by atoms with E-state index in [1.165, 1.54) is 35.7 Å². The number of nitrogens with two attached hydrogens (primary N) is 1. The van der Waals surface area contributed by atoms with E-state index in [1.54, 1.807) is 5.56 Å². The molecule has 80 valence electrons. The van der Waals surface area contributed by atoms with E-state index >= 15 is 0 Å². The average molecular weight is 266 g/mol. The highest BCUT2D eigenvalue weighted by Crippen LogP contribution is 2.59. The SMILES string of the molecule is NCC1CCC2(CC2)c2c(Br)cccc21. The predicted molar refractivity (Wildman–Crippen MR) is 66.1 cm³/mol. The third-order valence-corrected chi connectivity index (χ3v) is 4.79. The second kappa shape index (κ2) is 3.33. The maximum atomic E-state index is 5.86. The molecule has 2 aliphatic carbocycles. The van der Waals surface area contributed by atoms with Gasteiger partial charge in [0.2, 0.25) is 0 Å². The van der Waals surface area contributed by atoms with Crippen molar-refractivity contribution in [2.45, 2.75) is 37.0 Å². The Morgan fingerprint density at radius 2 is 2.13 bits per heavy atom. The van der Waals surface area contributed by atoms with Crippen LogP contribution < -0.4 is 5.73 Å². The van der Waals surface area contributed by atoms with E-state index in [4.69, 9.17) is 5.73 Å². The molecule has 0 bridgehead atoms. The maximum Gasteiger partial charge on any atom is 0.0215 e. The largest absolute Gasteiger partial charge is 0.330 e. The number of rotatable bonds is 1. The van der Waals surface area contributed by atoms with Gasteiger partial charge in [-0.2, -0.15) is 0 Å². The van der Waals surface area contributed by atoms with Crippen LogP contribution in [0.5, 0.6) is 0 Å². The van der Waals surface area contributed by atoms with Gasteiger partial charge in [0.1, 0.15) is 0 Å². The van der Waals surface area contributed by atoms with Crippen LogP contribution in [0.1, 0.15) is 42.7 Å². The summed E-state index contributed by atoms with van der Waals surface area (Å²) in [6, 6.07) is 6.60. The highest BCUT2D eigenvalue weighted by molar-refractivity contribution is 9.10. The molecule has 0 radical (unpaired) electrons. The van der Waals surface area contributed by atoms with Gasteiger partial charge >= 0.3 is 0 Å². The van der Waals surface area contributed by atoms with Crippen LogP contribution in [0.2, 0.25) is 0 Å². The predicted octanol–water partition coefficient (Wildman–Crippen LogP) is 3.32. The molecule has 2 N–H and O–H groups in total. The van der Waals surface area contributed by atoms with Gasteiger partial charge < -0.3 is 5.73 Å². The fraction of sp³-hybridized carbons (Fsp3) is 0.538. The summed E-state index contributed by atoms with van der Waals surface area (Å²) in [5.41, 5.74) is 9.48. The number of hydrogen-bond donors (Lipinski definition) is 1. The third kappa shape index (κ3) is 1.38. The zero-order chi connectivity index (χ0) is 10.5. The summed E-state index contributed by atoms with van der Waals surface area (Å²) in [4.78, 5) is 0. The Morgan fingerprint density at radius 1 is 1.33 bits per heavy atom. The summed E-state index contributed by atoms with van der Waals surface area (Å²) in [7, 11) is 0. The van der Waals surface area contributed by atoms with Gasteiger partial charge in [0, 0.05) is 4.47 Å². The molecular formula is C13H16BrN. The Balaban J connectivity index is 2.16. The summed E-state index contributed by atoms with van der Waals surface area (Å²) in [6.07, 6.45) is 5.37. The van der Waals surface area contributed by atoms with Crippen molar-refractivity contribution in [2.75, 3.05) is 6.54 Å². The number of halogens is 1. The molecule has 1 fully saturated rings. The van der Waals surface area contributed by atoms with Crippen molar-refractivity contribution in [3.8, 4) is 0 Å². The minimum atomic E-state index is 0.529. The van der Waals surface area contributed by atoms with Crippen molar-refractivity contribution in [2.24, 2.45) is 5.73 Å². The van der Waals surface area contributed by atoms with Crippen LogP contribution in [-0.2, 0) is 5.41 Å². The van der Waals surface area contributed by atoms with Crippen molar-refractivity contribution in [3.05, 3.63) is 33.8 Å². The first-order valence-corrected chi connectivity index (χ1v) is 6.55. The number of benzene rings is 1. The smallest absolute Gasteiger partial charge is 0.0215 e. The minimum absolute atomic E-state index is 0.529. The normalized spacial score (nSPS) is 26.4. The molecule has 1 unspecified atom stereocenters. The lowest BCUT2D eigenvalue weighted by Crippen LogP contribution is -2.24. The molecule has 0 saturated heterocycles. The zero-order valence-electron chi connectivity index (χ0n) is 8.80. The third-order valence-electron chi connectivity index (χ3n) is 4.13. The van der Waals surface area contributed by atoms with E-state index in [1.807, 2.05) is 0 Å². The van der Waals surface area contributed by atoms with Crippen LogP contribution in [-0.4, -0.2) is 6.54 Å². The lowest BCUT2D eigenvalue weighted by molar-refractivity contribution is 0.473. The molecule has 1 atom stereocenters. The molecule has 1 spiro atoms. The van der Waals surface area contributed by atoms with Crippen LogP contribution in [0.25, 0.3) is 0 Å². The van der Waals surface area contributed by atoms with E-state index in [2.05, 4.69) is 34.1 Å². The van der Waals surface area contributed by atoms with Gasteiger partial charge in [-0.15, -0.1) is 0 Å². The molecule has 0 amide bonds. The lowest BCUT2D eigenvalue weighted by atomic mass is 9.74. The first-order chi connectivity index (χ1) is 7.27. The molecule has 0 aromatic heterocycles. The van der Waals surface area contributed by atoms with E-state index < -0.39 is 0 Å². The van der Waals surface area contributed by atoms with Gasteiger partial charge in [0.15, 0.2) is 0 Å². The van der Waals surface area contributed by atoms with Crippen molar-refractivity contribution in [1.82, 2.24) is 0 Å². The molecule has 1 aromatic carbocycles. The molecule has 3 rings (SSSR count). The standard InChI is InChI=1S/C13H16BrN/c14-11-3-1-2-10-9(8-15)4-5-13(6-7-13)12(10)11/h1-3,9H,4-8,15H2. The highest BCUT2D eigenvalue weighted by Gasteiger charge is 2.49. The number of fused-ring (bicyclic) bond motifs is 2. The fourth-order valence-corrected chi connectivity index (χ4v) is 3.87. The Morgan fingerprint density at radius 3 is 2.80 bits per heavy atom. The second-order valence-electron chi connectivity index (χ2n) is 4.96. The molecule has 0 aliphatic heterocycles. The van der Waals surface area contributed by atoms with Crippen LogP contribution in [0.3, 0.4) is 0 Å². The molecular weight excluding hydrogens is 250 g/mol. The Hall–Kier alpha value is -0.340. The fourth-order valence-electron chi connectivity index (χ4n) is 3.07. The quantitative estimate of drug-likeness (QED) is 0.829. The maximum absolute atomic E-state index is 5.86. The number of hydrogen-bond acceptors (Lipinski definition) is 1. The van der Waals surface area contributed by atoms with E-state index in [-0.39, 0.29) is 0 Å². The van der Waals surface area contributed by atoms with Gasteiger partial charge in [-0.05, 0) is 60.8 Å². The molecule has 15 heavy (non-hydrogen) atoms. The Labute approximate surface area is 99.2 Å². The zero-order valence-corrected chi connectivity index (χ0v) is 10.4. The topological polar surface area (TPSA) is 26.0 Å². The van der Waals surface area contributed by atoms with Crippen LogP contribution in [0.15, 0.2) is 22.7 Å². The minimum Gasteiger partial charge on any atom is -0.330 e. The van der Waals surface area contributed by atoms with Crippen LogP contribution in [0, 0.1) is 0 Å². The molecule has 0 heterocycles. The molecule has 2 heteroatoms. The van der Waals surface area contributed by atoms with Gasteiger partial charge in [0.25, 0.3) is 0 Å². The summed E-state index contributed by atoms with van der Waals surface area (Å²) in [6.45, 7) is 0.791. The summed E-state index contributed by atoms with van der Waals surface area (Å²) < 4.78 is 1.30.